The molecule has 3 rings (SSSR count). The number of hydrogen-bond acceptors (Lipinski definition) is 2. The second-order valence-corrected chi connectivity index (χ2v) is 4.78. The van der Waals surface area contributed by atoms with E-state index in [0.717, 1.165) is 17.7 Å². The van der Waals surface area contributed by atoms with Crippen molar-refractivity contribution in [3.8, 4) is 5.69 Å². The zero-order valence-corrected chi connectivity index (χ0v) is 11.5. The number of nitrogens with one attached hydrogen (secondary N) is 1. The number of aromatic nitrogens is 2. The maximum absolute atomic E-state index is 12.2. The smallest absolute Gasteiger partial charge is 0.335 e. The van der Waals surface area contributed by atoms with Crippen molar-refractivity contribution in [3.63, 3.8) is 0 Å². The maximum Gasteiger partial charge on any atom is 0.335 e. The summed E-state index contributed by atoms with van der Waals surface area (Å²) < 4.78 is 1.58. The van der Waals surface area contributed by atoms with Crippen LogP contribution in [0.4, 0.5) is 0 Å². The molecule has 5 nitrogen and oxygen atoms in total. The number of imidazole rings is 1. The molecule has 0 unspecified atom stereocenters. The molecule has 2 aromatic carbocycles. The van der Waals surface area contributed by atoms with Gasteiger partial charge in [0.25, 0.3) is 0 Å². The van der Waals surface area contributed by atoms with E-state index in [0.29, 0.717) is 11.0 Å². The number of H-pyrrole nitrogens is 1. The Kier molecular flexibility index (Phi) is 3.10. The molecule has 1 heterocycles. The van der Waals surface area contributed by atoms with E-state index in [2.05, 4.69) is 4.98 Å². The minimum absolute atomic E-state index is 0.152. The van der Waals surface area contributed by atoms with Crippen LogP contribution in [0.25, 0.3) is 16.7 Å². The highest BCUT2D eigenvalue weighted by Gasteiger charge is 2.13. The van der Waals surface area contributed by atoms with E-state index in [4.69, 9.17) is 5.11 Å². The number of carbonyl (C=O) groups is 1. The summed E-state index contributed by atoms with van der Waals surface area (Å²) in [5.74, 6) is -1.01. The van der Waals surface area contributed by atoms with Crippen LogP contribution in [0.5, 0.6) is 0 Å². The molecule has 0 bridgehead atoms. The SMILES string of the molecule is CCc1ccccc1-n1c(=O)[nH]c2cc(C(=O)O)ccc21. The molecule has 0 spiro atoms. The number of carboxylic acid groups (broad SMARTS) is 1. The summed E-state index contributed by atoms with van der Waals surface area (Å²) >= 11 is 0. The molecule has 0 fully saturated rings. The number of rotatable bonds is 3. The van der Waals surface area contributed by atoms with Crippen molar-refractivity contribution < 1.29 is 9.90 Å². The molecule has 0 aliphatic rings. The van der Waals surface area contributed by atoms with Gasteiger partial charge in [-0.1, -0.05) is 25.1 Å². The van der Waals surface area contributed by atoms with E-state index < -0.39 is 5.97 Å². The van der Waals surface area contributed by atoms with Crippen molar-refractivity contribution in [2.45, 2.75) is 13.3 Å². The van der Waals surface area contributed by atoms with Crippen LogP contribution in [0.3, 0.4) is 0 Å². The van der Waals surface area contributed by atoms with Crippen LogP contribution in [-0.2, 0) is 6.42 Å². The third-order valence-corrected chi connectivity index (χ3v) is 3.54. The Labute approximate surface area is 120 Å². The second kappa shape index (κ2) is 4.94. The van der Waals surface area contributed by atoms with Gasteiger partial charge in [0, 0.05) is 0 Å². The minimum atomic E-state index is -1.01. The van der Waals surface area contributed by atoms with Crippen molar-refractivity contribution in [2.24, 2.45) is 0 Å². The summed E-state index contributed by atoms with van der Waals surface area (Å²) in [5.41, 5.74) is 2.95. The average Bonchev–Trinajstić information content (AvgIpc) is 2.81. The molecule has 1 aromatic heterocycles. The zero-order chi connectivity index (χ0) is 15.0. The van der Waals surface area contributed by atoms with Gasteiger partial charge in [0.2, 0.25) is 0 Å². The number of aromatic carboxylic acids is 1. The van der Waals surface area contributed by atoms with Gasteiger partial charge in [-0.25, -0.2) is 9.59 Å². The Morgan fingerprint density at radius 2 is 2.00 bits per heavy atom. The fourth-order valence-corrected chi connectivity index (χ4v) is 2.51. The van der Waals surface area contributed by atoms with Crippen molar-refractivity contribution in [1.82, 2.24) is 9.55 Å². The number of aryl methyl sites for hydroxylation is 1. The number of benzene rings is 2. The lowest BCUT2D eigenvalue weighted by Gasteiger charge is -2.08. The van der Waals surface area contributed by atoms with E-state index in [-0.39, 0.29) is 11.3 Å². The highest BCUT2D eigenvalue weighted by Crippen LogP contribution is 2.20. The summed E-state index contributed by atoms with van der Waals surface area (Å²) in [4.78, 5) is 26.0. The molecule has 0 amide bonds. The Morgan fingerprint density at radius 3 is 2.71 bits per heavy atom. The predicted octanol–water partition coefficient (Wildman–Crippen LogP) is 2.58. The first-order valence-electron chi connectivity index (χ1n) is 6.68. The first-order chi connectivity index (χ1) is 10.1. The van der Waals surface area contributed by atoms with E-state index in [9.17, 15) is 9.59 Å². The first kappa shape index (κ1) is 13.2. The molecule has 21 heavy (non-hydrogen) atoms. The quantitative estimate of drug-likeness (QED) is 0.775. The van der Waals surface area contributed by atoms with Crippen LogP contribution in [0.2, 0.25) is 0 Å². The molecule has 0 aliphatic carbocycles. The number of fused-ring (bicyclic) bond motifs is 1. The summed E-state index contributed by atoms with van der Waals surface area (Å²) in [7, 11) is 0. The molecule has 0 aliphatic heterocycles. The fraction of sp³-hybridized carbons (Fsp3) is 0.125. The number of nitrogens with zero attached hydrogens (tertiary/aromatic N) is 1. The Hall–Kier alpha value is -2.82. The van der Waals surface area contributed by atoms with Crippen LogP contribution in [-0.4, -0.2) is 20.6 Å². The van der Waals surface area contributed by atoms with E-state index in [1.54, 1.807) is 10.6 Å². The molecule has 0 saturated heterocycles. The van der Waals surface area contributed by atoms with Crippen LogP contribution >= 0.6 is 0 Å². The third kappa shape index (κ3) is 2.12. The summed E-state index contributed by atoms with van der Waals surface area (Å²) in [6, 6.07) is 12.3. The van der Waals surface area contributed by atoms with Gasteiger partial charge in [0.15, 0.2) is 0 Å². The van der Waals surface area contributed by atoms with E-state index in [1.807, 2.05) is 31.2 Å². The minimum Gasteiger partial charge on any atom is -0.478 e. The van der Waals surface area contributed by atoms with Gasteiger partial charge in [-0.2, -0.15) is 0 Å². The number of carboxylic acids is 1. The summed E-state index contributed by atoms with van der Waals surface area (Å²) in [6.45, 7) is 2.03. The standard InChI is InChI=1S/C16H14N2O3/c1-2-10-5-3-4-6-13(10)18-14-8-7-11(15(19)20)9-12(14)17-16(18)21/h3-9H,2H2,1H3,(H,17,21)(H,19,20). The highest BCUT2D eigenvalue weighted by molar-refractivity contribution is 5.92. The zero-order valence-electron chi connectivity index (χ0n) is 11.5. The molecule has 5 heteroatoms. The van der Waals surface area contributed by atoms with E-state index in [1.165, 1.54) is 12.1 Å². The van der Waals surface area contributed by atoms with Crippen molar-refractivity contribution in [3.05, 3.63) is 64.1 Å². The Morgan fingerprint density at radius 1 is 1.24 bits per heavy atom. The topological polar surface area (TPSA) is 75.1 Å². The lowest BCUT2D eigenvalue weighted by molar-refractivity contribution is 0.0697. The molecule has 106 valence electrons. The molecule has 0 atom stereocenters. The van der Waals surface area contributed by atoms with Crippen molar-refractivity contribution in [1.29, 1.82) is 0 Å². The van der Waals surface area contributed by atoms with Crippen molar-refractivity contribution in [2.75, 3.05) is 0 Å². The predicted molar refractivity (Wildman–Crippen MR) is 80.2 cm³/mol. The average molecular weight is 282 g/mol. The van der Waals surface area contributed by atoms with Crippen LogP contribution in [0.1, 0.15) is 22.8 Å². The molecule has 0 saturated carbocycles. The molecular weight excluding hydrogens is 268 g/mol. The lowest BCUT2D eigenvalue weighted by atomic mass is 10.1. The van der Waals surface area contributed by atoms with Gasteiger partial charge < -0.3 is 10.1 Å². The maximum atomic E-state index is 12.2. The first-order valence-corrected chi connectivity index (χ1v) is 6.68. The van der Waals surface area contributed by atoms with Gasteiger partial charge in [-0.3, -0.25) is 4.57 Å². The van der Waals surface area contributed by atoms with Gasteiger partial charge >= 0.3 is 11.7 Å². The Bertz CT molecular complexity index is 890. The largest absolute Gasteiger partial charge is 0.478 e. The molecule has 3 aromatic rings. The van der Waals surface area contributed by atoms with E-state index >= 15 is 0 Å². The van der Waals surface area contributed by atoms with Gasteiger partial charge in [0.1, 0.15) is 0 Å². The summed E-state index contributed by atoms with van der Waals surface area (Å²) in [6.07, 6.45) is 0.808. The molecule has 2 N–H and O–H groups in total. The second-order valence-electron chi connectivity index (χ2n) is 4.78. The summed E-state index contributed by atoms with van der Waals surface area (Å²) in [5, 5.41) is 9.02. The van der Waals surface area contributed by atoms with Crippen LogP contribution < -0.4 is 5.69 Å². The van der Waals surface area contributed by atoms with Crippen molar-refractivity contribution >= 4 is 17.0 Å². The van der Waals surface area contributed by atoms with Crippen LogP contribution in [0.15, 0.2) is 47.3 Å². The van der Waals surface area contributed by atoms with Crippen LogP contribution in [0, 0.1) is 0 Å². The molecular formula is C16H14N2O3. The highest BCUT2D eigenvalue weighted by atomic mass is 16.4. The number of hydrogen-bond donors (Lipinski definition) is 2. The monoisotopic (exact) mass is 282 g/mol. The van der Waals surface area contributed by atoms with Gasteiger partial charge in [-0.15, -0.1) is 0 Å². The molecule has 0 radical (unpaired) electrons. The fourth-order valence-electron chi connectivity index (χ4n) is 2.51. The Balaban J connectivity index is 2.31. The third-order valence-electron chi connectivity index (χ3n) is 3.54. The number of aromatic amines is 1. The normalized spacial score (nSPS) is 10.9. The van der Waals surface area contributed by atoms with Gasteiger partial charge in [-0.05, 0) is 36.2 Å². The lowest BCUT2D eigenvalue weighted by Crippen LogP contribution is -2.15. The van der Waals surface area contributed by atoms with Gasteiger partial charge in [0.05, 0.1) is 22.3 Å². The number of para-hydroxylation sites is 1.